The number of aromatic nitrogens is 2. The molecule has 0 saturated heterocycles. The number of alkyl halides is 3. The van der Waals surface area contributed by atoms with Crippen molar-refractivity contribution in [2.24, 2.45) is 0 Å². The molecule has 3 rings (SSSR count). The minimum Gasteiger partial charge on any atom is -0.303 e. The normalized spacial score (nSPS) is 11.8. The van der Waals surface area contributed by atoms with Crippen LogP contribution in [0.25, 0.3) is 22.0 Å². The van der Waals surface area contributed by atoms with Crippen molar-refractivity contribution in [2.45, 2.75) is 19.1 Å². The number of aldehydes is 1. The second-order valence-electron chi connectivity index (χ2n) is 5.16. The Morgan fingerprint density at radius 2 is 1.91 bits per heavy atom. The Kier molecular flexibility index (Phi) is 3.90. The third-order valence-corrected chi connectivity index (χ3v) is 3.57. The maximum atomic E-state index is 13.1. The van der Waals surface area contributed by atoms with Gasteiger partial charge in [0.2, 0.25) is 0 Å². The van der Waals surface area contributed by atoms with Gasteiger partial charge in [0, 0.05) is 24.5 Å². The monoisotopic (exact) mass is 318 g/mol. The first-order chi connectivity index (χ1) is 11.0. The van der Waals surface area contributed by atoms with Gasteiger partial charge in [-0.2, -0.15) is 18.3 Å². The molecular weight excluding hydrogens is 305 g/mol. The molecule has 1 aromatic heterocycles. The second-order valence-corrected chi connectivity index (χ2v) is 5.16. The summed E-state index contributed by atoms with van der Waals surface area (Å²) in [4.78, 5) is 10.4. The SMILES string of the molecule is O=CCCn1cc2ccc(-c3ccccc3C(F)(F)F)cc2n1. The van der Waals surface area contributed by atoms with E-state index in [1.165, 1.54) is 12.1 Å². The van der Waals surface area contributed by atoms with Crippen LogP contribution in [0.3, 0.4) is 0 Å². The first-order valence-electron chi connectivity index (χ1n) is 7.06. The molecule has 0 aliphatic rings. The molecule has 0 aliphatic carbocycles. The molecule has 0 spiro atoms. The number of nitrogens with zero attached hydrogens (tertiary/aromatic N) is 2. The summed E-state index contributed by atoms with van der Waals surface area (Å²) in [5.41, 5.74) is 0.528. The number of aryl methyl sites for hydroxylation is 1. The van der Waals surface area contributed by atoms with Crippen molar-refractivity contribution in [3.05, 3.63) is 54.2 Å². The number of carbonyl (C=O) groups excluding carboxylic acids is 1. The van der Waals surface area contributed by atoms with E-state index < -0.39 is 11.7 Å². The Labute approximate surface area is 130 Å². The van der Waals surface area contributed by atoms with Crippen LogP contribution in [0.1, 0.15) is 12.0 Å². The van der Waals surface area contributed by atoms with E-state index in [0.29, 0.717) is 24.0 Å². The van der Waals surface area contributed by atoms with E-state index in [2.05, 4.69) is 5.10 Å². The average molecular weight is 318 g/mol. The summed E-state index contributed by atoms with van der Waals surface area (Å²) in [6.07, 6.45) is -1.48. The van der Waals surface area contributed by atoms with E-state index in [-0.39, 0.29) is 5.56 Å². The zero-order valence-corrected chi connectivity index (χ0v) is 12.0. The summed E-state index contributed by atoms with van der Waals surface area (Å²) < 4.78 is 41.0. The lowest BCUT2D eigenvalue weighted by Gasteiger charge is -2.12. The van der Waals surface area contributed by atoms with Gasteiger partial charge >= 0.3 is 6.18 Å². The molecule has 0 aliphatic heterocycles. The van der Waals surface area contributed by atoms with Crippen LogP contribution < -0.4 is 0 Å². The van der Waals surface area contributed by atoms with Gasteiger partial charge in [-0.05, 0) is 23.3 Å². The van der Waals surface area contributed by atoms with E-state index >= 15 is 0 Å². The Morgan fingerprint density at radius 1 is 1.13 bits per heavy atom. The van der Waals surface area contributed by atoms with E-state index in [0.717, 1.165) is 17.7 Å². The topological polar surface area (TPSA) is 34.9 Å². The molecule has 0 atom stereocenters. The van der Waals surface area contributed by atoms with Gasteiger partial charge in [0.1, 0.15) is 6.29 Å². The minimum absolute atomic E-state index is 0.129. The molecule has 23 heavy (non-hydrogen) atoms. The van der Waals surface area contributed by atoms with Crippen LogP contribution in [0.2, 0.25) is 0 Å². The predicted molar refractivity (Wildman–Crippen MR) is 80.9 cm³/mol. The summed E-state index contributed by atoms with van der Waals surface area (Å²) >= 11 is 0. The number of halogens is 3. The molecule has 3 aromatic rings. The van der Waals surface area contributed by atoms with E-state index in [1.54, 1.807) is 35.1 Å². The molecule has 0 N–H and O–H groups in total. The zero-order valence-electron chi connectivity index (χ0n) is 12.0. The van der Waals surface area contributed by atoms with Gasteiger partial charge in [-0.1, -0.05) is 30.3 Å². The largest absolute Gasteiger partial charge is 0.417 e. The number of benzene rings is 2. The number of fused-ring (bicyclic) bond motifs is 1. The zero-order chi connectivity index (χ0) is 16.4. The highest BCUT2D eigenvalue weighted by atomic mass is 19.4. The lowest BCUT2D eigenvalue weighted by Crippen LogP contribution is -2.06. The molecule has 0 unspecified atom stereocenters. The second kappa shape index (κ2) is 5.87. The molecule has 118 valence electrons. The Bertz CT molecular complexity index is 852. The molecule has 6 heteroatoms. The van der Waals surface area contributed by atoms with E-state index in [9.17, 15) is 18.0 Å². The first-order valence-corrected chi connectivity index (χ1v) is 7.06. The van der Waals surface area contributed by atoms with Gasteiger partial charge in [-0.3, -0.25) is 4.68 Å². The fourth-order valence-corrected chi connectivity index (χ4v) is 2.52. The first kappa shape index (κ1) is 15.3. The van der Waals surface area contributed by atoms with Gasteiger partial charge in [0.05, 0.1) is 11.1 Å². The smallest absolute Gasteiger partial charge is 0.303 e. The van der Waals surface area contributed by atoms with Gasteiger partial charge in [0.15, 0.2) is 0 Å². The maximum absolute atomic E-state index is 13.1. The number of carbonyl (C=O) groups is 1. The van der Waals surface area contributed by atoms with Crippen LogP contribution in [0, 0.1) is 0 Å². The quantitative estimate of drug-likeness (QED) is 0.672. The summed E-state index contributed by atoms with van der Waals surface area (Å²) in [6, 6.07) is 10.5. The molecule has 0 fully saturated rings. The van der Waals surface area contributed by atoms with E-state index in [1.807, 2.05) is 0 Å². The van der Waals surface area contributed by atoms with E-state index in [4.69, 9.17) is 0 Å². The maximum Gasteiger partial charge on any atom is 0.417 e. The summed E-state index contributed by atoms with van der Waals surface area (Å²) in [5, 5.41) is 5.13. The van der Waals surface area contributed by atoms with Crippen molar-refractivity contribution >= 4 is 17.2 Å². The summed E-state index contributed by atoms with van der Waals surface area (Å²) in [5.74, 6) is 0. The van der Waals surface area contributed by atoms with Crippen LogP contribution in [0.15, 0.2) is 48.7 Å². The highest BCUT2D eigenvalue weighted by Gasteiger charge is 2.33. The van der Waals surface area contributed by atoms with Crippen molar-refractivity contribution in [3.8, 4) is 11.1 Å². The highest BCUT2D eigenvalue weighted by Crippen LogP contribution is 2.37. The Morgan fingerprint density at radius 3 is 2.65 bits per heavy atom. The molecule has 3 nitrogen and oxygen atoms in total. The molecule has 2 aromatic carbocycles. The van der Waals surface area contributed by atoms with Crippen LogP contribution in [-0.2, 0) is 17.5 Å². The lowest BCUT2D eigenvalue weighted by atomic mass is 9.98. The van der Waals surface area contributed by atoms with Gasteiger partial charge in [0.25, 0.3) is 0 Å². The Balaban J connectivity index is 2.06. The summed E-state index contributed by atoms with van der Waals surface area (Å²) in [7, 11) is 0. The van der Waals surface area contributed by atoms with Gasteiger partial charge in [-0.25, -0.2) is 0 Å². The van der Waals surface area contributed by atoms with Crippen molar-refractivity contribution < 1.29 is 18.0 Å². The van der Waals surface area contributed by atoms with Gasteiger partial charge < -0.3 is 4.79 Å². The molecular formula is C17H13F3N2O. The standard InChI is InChI=1S/C17H13F3N2O/c18-17(19,20)15-5-2-1-4-14(15)12-6-7-13-11-22(8-3-9-23)21-16(13)10-12/h1-2,4-7,9-11H,3,8H2. The number of hydrogen-bond acceptors (Lipinski definition) is 2. The highest BCUT2D eigenvalue weighted by molar-refractivity contribution is 5.84. The molecule has 0 saturated carbocycles. The third-order valence-electron chi connectivity index (χ3n) is 3.57. The van der Waals surface area contributed by atoms with Crippen LogP contribution >= 0.6 is 0 Å². The van der Waals surface area contributed by atoms with Crippen molar-refractivity contribution in [1.29, 1.82) is 0 Å². The summed E-state index contributed by atoms with van der Waals surface area (Å²) in [6.45, 7) is 0.451. The molecule has 0 bridgehead atoms. The third kappa shape index (κ3) is 3.11. The molecule has 0 radical (unpaired) electrons. The Hall–Kier alpha value is -2.63. The van der Waals surface area contributed by atoms with Crippen molar-refractivity contribution in [1.82, 2.24) is 9.78 Å². The van der Waals surface area contributed by atoms with Crippen LogP contribution in [0.5, 0.6) is 0 Å². The molecule has 0 amide bonds. The van der Waals surface area contributed by atoms with Gasteiger partial charge in [-0.15, -0.1) is 0 Å². The molecule has 1 heterocycles. The van der Waals surface area contributed by atoms with Crippen molar-refractivity contribution in [3.63, 3.8) is 0 Å². The fourth-order valence-electron chi connectivity index (χ4n) is 2.52. The number of hydrogen-bond donors (Lipinski definition) is 0. The van der Waals surface area contributed by atoms with Crippen molar-refractivity contribution in [2.75, 3.05) is 0 Å². The number of rotatable bonds is 4. The lowest BCUT2D eigenvalue weighted by molar-refractivity contribution is -0.137. The minimum atomic E-state index is -4.41. The average Bonchev–Trinajstić information content (AvgIpc) is 2.94. The van der Waals surface area contributed by atoms with Crippen LogP contribution in [-0.4, -0.2) is 16.1 Å². The van der Waals surface area contributed by atoms with Crippen LogP contribution in [0.4, 0.5) is 13.2 Å². The fraction of sp³-hybridized carbons (Fsp3) is 0.176. The predicted octanol–water partition coefficient (Wildman–Crippen LogP) is 4.31.